The molecule has 2 saturated heterocycles. The Morgan fingerprint density at radius 1 is 1.15 bits per heavy atom. The van der Waals surface area contributed by atoms with Crippen molar-refractivity contribution < 1.29 is 23.5 Å². The number of nitrogens with one attached hydrogen (secondary N) is 1. The number of carbonyl (C=O) groups is 3. The Hall–Kier alpha value is -3.33. The van der Waals surface area contributed by atoms with E-state index in [1.54, 1.807) is 13.2 Å². The van der Waals surface area contributed by atoms with Gasteiger partial charge >= 0.3 is 0 Å². The molecule has 1 aromatic heterocycles. The predicted molar refractivity (Wildman–Crippen MR) is 120 cm³/mol. The van der Waals surface area contributed by atoms with Crippen molar-refractivity contribution >= 4 is 17.7 Å². The first kappa shape index (κ1) is 22.5. The van der Waals surface area contributed by atoms with E-state index in [2.05, 4.69) is 15.2 Å². The van der Waals surface area contributed by atoms with Crippen molar-refractivity contribution in [2.75, 3.05) is 20.2 Å². The molecular weight excluding hydrogens is 439 g/mol. The number of pyridine rings is 1. The number of benzene rings is 1. The molecule has 178 valence electrons. The number of aromatic nitrogens is 1. The zero-order chi connectivity index (χ0) is 23.8. The SMILES string of the molecule is COc1cccc(CN2CCC(c3cc4c(cc3F)C(=O)N(C3CCC(=O)NC3=O)C4)CC2)n1. The van der Waals surface area contributed by atoms with E-state index in [0.717, 1.165) is 37.2 Å². The van der Waals surface area contributed by atoms with Gasteiger partial charge in [-0.05, 0) is 61.5 Å². The molecule has 0 aliphatic carbocycles. The van der Waals surface area contributed by atoms with E-state index >= 15 is 4.39 Å². The van der Waals surface area contributed by atoms with Crippen LogP contribution in [0.1, 0.15) is 58.8 Å². The number of rotatable bonds is 5. The molecule has 2 fully saturated rings. The predicted octanol–water partition coefficient (Wildman–Crippen LogP) is 2.37. The molecule has 4 heterocycles. The lowest BCUT2D eigenvalue weighted by Crippen LogP contribution is -2.52. The van der Waals surface area contributed by atoms with Gasteiger partial charge in [-0.2, -0.15) is 0 Å². The molecule has 0 saturated carbocycles. The Kier molecular flexibility index (Phi) is 6.03. The van der Waals surface area contributed by atoms with Crippen LogP contribution < -0.4 is 10.1 Å². The summed E-state index contributed by atoms with van der Waals surface area (Å²) < 4.78 is 20.3. The number of carbonyl (C=O) groups excluding carboxylic acids is 3. The number of ether oxygens (including phenoxy) is 1. The second-order valence-corrected chi connectivity index (χ2v) is 9.15. The summed E-state index contributed by atoms with van der Waals surface area (Å²) in [7, 11) is 1.60. The Labute approximate surface area is 197 Å². The molecule has 0 spiro atoms. The summed E-state index contributed by atoms with van der Waals surface area (Å²) in [5.74, 6) is -0.850. The zero-order valence-corrected chi connectivity index (χ0v) is 19.1. The quantitative estimate of drug-likeness (QED) is 0.681. The summed E-state index contributed by atoms with van der Waals surface area (Å²) in [6, 6.07) is 8.15. The molecule has 3 amide bonds. The molecule has 34 heavy (non-hydrogen) atoms. The fourth-order valence-corrected chi connectivity index (χ4v) is 5.21. The van der Waals surface area contributed by atoms with Gasteiger partial charge in [0, 0.05) is 31.1 Å². The molecule has 5 rings (SSSR count). The highest BCUT2D eigenvalue weighted by molar-refractivity contribution is 6.05. The minimum Gasteiger partial charge on any atom is -0.481 e. The number of amides is 3. The van der Waals surface area contributed by atoms with Gasteiger partial charge in [0.2, 0.25) is 17.7 Å². The maximum absolute atomic E-state index is 15.1. The third-order valence-electron chi connectivity index (χ3n) is 7.04. The standard InChI is InChI=1S/C25H27FN4O4/c1-34-23-4-2-3-17(27-23)14-29-9-7-15(8-10-29)18-11-16-13-30(25(33)19(16)12-20(18)26)21-5-6-22(31)28-24(21)32/h2-4,11-12,15,21H,5-10,13-14H2,1H3,(H,28,31,32). The number of imide groups is 1. The third kappa shape index (κ3) is 4.27. The van der Waals surface area contributed by atoms with Crippen LogP contribution in [-0.4, -0.2) is 58.7 Å². The van der Waals surface area contributed by atoms with Crippen molar-refractivity contribution in [2.24, 2.45) is 0 Å². The lowest BCUT2D eigenvalue weighted by Gasteiger charge is -2.32. The van der Waals surface area contributed by atoms with Gasteiger partial charge in [-0.15, -0.1) is 0 Å². The van der Waals surface area contributed by atoms with Crippen molar-refractivity contribution in [3.05, 3.63) is 58.5 Å². The largest absolute Gasteiger partial charge is 0.481 e. The Morgan fingerprint density at radius 2 is 1.94 bits per heavy atom. The fourth-order valence-electron chi connectivity index (χ4n) is 5.21. The number of likely N-dealkylation sites (tertiary alicyclic amines) is 1. The van der Waals surface area contributed by atoms with Gasteiger partial charge in [-0.1, -0.05) is 12.1 Å². The Bertz CT molecular complexity index is 1150. The average molecular weight is 467 g/mol. The summed E-state index contributed by atoms with van der Waals surface area (Å²) >= 11 is 0. The van der Waals surface area contributed by atoms with Crippen LogP contribution in [0.2, 0.25) is 0 Å². The van der Waals surface area contributed by atoms with E-state index in [1.165, 1.54) is 11.0 Å². The summed E-state index contributed by atoms with van der Waals surface area (Å²) in [5.41, 5.74) is 2.63. The monoisotopic (exact) mass is 466 g/mol. The maximum atomic E-state index is 15.1. The van der Waals surface area contributed by atoms with Crippen molar-refractivity contribution in [1.29, 1.82) is 0 Å². The number of methoxy groups -OCH3 is 1. The van der Waals surface area contributed by atoms with Gasteiger partial charge < -0.3 is 9.64 Å². The minimum absolute atomic E-state index is 0.0690. The second-order valence-electron chi connectivity index (χ2n) is 9.15. The molecule has 2 aromatic rings. The van der Waals surface area contributed by atoms with Gasteiger partial charge in [0.15, 0.2) is 0 Å². The summed E-state index contributed by atoms with van der Waals surface area (Å²) in [6.07, 6.45) is 2.11. The number of fused-ring (bicyclic) bond motifs is 1. The van der Waals surface area contributed by atoms with Crippen LogP contribution in [0.25, 0.3) is 0 Å². The van der Waals surface area contributed by atoms with Crippen molar-refractivity contribution in [2.45, 2.75) is 50.7 Å². The smallest absolute Gasteiger partial charge is 0.255 e. The first-order valence-electron chi connectivity index (χ1n) is 11.6. The first-order valence-corrected chi connectivity index (χ1v) is 11.6. The number of hydrogen-bond donors (Lipinski definition) is 1. The van der Waals surface area contributed by atoms with Crippen LogP contribution in [0.15, 0.2) is 30.3 Å². The van der Waals surface area contributed by atoms with E-state index in [1.807, 2.05) is 18.2 Å². The average Bonchev–Trinajstić information content (AvgIpc) is 3.14. The number of nitrogens with zero attached hydrogens (tertiary/aromatic N) is 3. The molecule has 9 heteroatoms. The Balaban J connectivity index is 1.26. The van der Waals surface area contributed by atoms with Crippen molar-refractivity contribution in [3.63, 3.8) is 0 Å². The lowest BCUT2D eigenvalue weighted by molar-refractivity contribution is -0.136. The van der Waals surface area contributed by atoms with Crippen LogP contribution in [0.3, 0.4) is 0 Å². The van der Waals surface area contributed by atoms with Crippen molar-refractivity contribution in [1.82, 2.24) is 20.1 Å². The first-order chi connectivity index (χ1) is 16.4. The maximum Gasteiger partial charge on any atom is 0.255 e. The molecule has 0 bridgehead atoms. The van der Waals surface area contributed by atoms with E-state index in [4.69, 9.17) is 4.74 Å². The third-order valence-corrected chi connectivity index (χ3v) is 7.04. The van der Waals surface area contributed by atoms with Gasteiger partial charge in [-0.25, -0.2) is 9.37 Å². The van der Waals surface area contributed by atoms with Gasteiger partial charge in [0.1, 0.15) is 11.9 Å². The van der Waals surface area contributed by atoms with Gasteiger partial charge in [-0.3, -0.25) is 24.6 Å². The molecular formula is C25H27FN4O4. The highest BCUT2D eigenvalue weighted by Gasteiger charge is 2.40. The highest BCUT2D eigenvalue weighted by atomic mass is 19.1. The molecule has 3 aliphatic rings. The van der Waals surface area contributed by atoms with Crippen LogP contribution in [-0.2, 0) is 22.7 Å². The van der Waals surface area contributed by atoms with Gasteiger partial charge in [0.05, 0.1) is 12.8 Å². The lowest BCUT2D eigenvalue weighted by atomic mass is 9.87. The van der Waals surface area contributed by atoms with Crippen LogP contribution >= 0.6 is 0 Å². The summed E-state index contributed by atoms with van der Waals surface area (Å²) in [4.78, 5) is 44.8. The van der Waals surface area contributed by atoms with Crippen LogP contribution in [0.4, 0.5) is 4.39 Å². The van der Waals surface area contributed by atoms with E-state index in [0.29, 0.717) is 30.0 Å². The van der Waals surface area contributed by atoms with Crippen LogP contribution in [0.5, 0.6) is 5.88 Å². The highest BCUT2D eigenvalue weighted by Crippen LogP contribution is 2.35. The van der Waals surface area contributed by atoms with E-state index in [9.17, 15) is 14.4 Å². The molecule has 1 aromatic carbocycles. The fraction of sp³-hybridized carbons (Fsp3) is 0.440. The second kappa shape index (κ2) is 9.13. The normalized spacial score (nSPS) is 21.5. The molecule has 1 unspecified atom stereocenters. The molecule has 0 radical (unpaired) electrons. The minimum atomic E-state index is -0.697. The Morgan fingerprint density at radius 3 is 2.68 bits per heavy atom. The van der Waals surface area contributed by atoms with Crippen molar-refractivity contribution in [3.8, 4) is 5.88 Å². The molecule has 1 atom stereocenters. The summed E-state index contributed by atoms with van der Waals surface area (Å²) in [5, 5.41) is 2.29. The van der Waals surface area contributed by atoms with E-state index in [-0.39, 0.29) is 36.5 Å². The zero-order valence-electron chi connectivity index (χ0n) is 19.1. The number of halogens is 1. The van der Waals surface area contributed by atoms with E-state index < -0.39 is 11.9 Å². The molecule has 3 aliphatic heterocycles. The van der Waals surface area contributed by atoms with Crippen LogP contribution in [0, 0.1) is 5.82 Å². The molecule has 1 N–H and O–H groups in total. The summed E-state index contributed by atoms with van der Waals surface area (Å²) in [6.45, 7) is 2.61. The number of piperidine rings is 2. The molecule has 8 nitrogen and oxygen atoms in total. The number of hydrogen-bond acceptors (Lipinski definition) is 6. The topological polar surface area (TPSA) is 91.8 Å². The van der Waals surface area contributed by atoms with Gasteiger partial charge in [0.25, 0.3) is 5.91 Å².